The number of hydrogen-bond donors (Lipinski definition) is 2. The zero-order valence-corrected chi connectivity index (χ0v) is 9.93. The van der Waals surface area contributed by atoms with Gasteiger partial charge in [-0.15, -0.1) is 0 Å². The maximum atomic E-state index is 9.83. The lowest BCUT2D eigenvalue weighted by Crippen LogP contribution is -2.30. The van der Waals surface area contributed by atoms with E-state index in [1.165, 1.54) is 5.30 Å². The van der Waals surface area contributed by atoms with Crippen LogP contribution in [0.25, 0.3) is 0 Å². The van der Waals surface area contributed by atoms with Crippen LogP contribution in [0.1, 0.15) is 13.8 Å². The number of aliphatic hydroxyl groups excluding tert-OH is 2. The Balaban J connectivity index is 2.30. The van der Waals surface area contributed by atoms with Crippen molar-refractivity contribution in [3.8, 4) is 0 Å². The Morgan fingerprint density at radius 1 is 0.933 bits per heavy atom. The number of hydrogen-bond acceptors (Lipinski definition) is 2. The molecule has 2 nitrogen and oxygen atoms in total. The van der Waals surface area contributed by atoms with E-state index in [4.69, 9.17) is 0 Å². The third-order valence-corrected chi connectivity index (χ3v) is 6.53. The van der Waals surface area contributed by atoms with Crippen LogP contribution in [0.5, 0.6) is 0 Å². The Kier molecular flexibility index (Phi) is 3.11. The summed E-state index contributed by atoms with van der Waals surface area (Å²) in [6.07, 6.45) is -1.13. The first-order valence-electron chi connectivity index (χ1n) is 5.32. The molecule has 0 bridgehead atoms. The standard InChI is InChI=1S/C12H17O2P/c1-8-11(13)12(14)9(2)15(8)10-6-4-3-5-7-10/h3-9,11-14H,1-2H3/t8-,9-,11+,12+/m1/s1. The van der Waals surface area contributed by atoms with Crippen molar-refractivity contribution in [2.24, 2.45) is 0 Å². The predicted octanol–water partition coefficient (Wildman–Crippen LogP) is 1.31. The molecule has 2 N–H and O–H groups in total. The molecule has 1 aromatic carbocycles. The Morgan fingerprint density at radius 2 is 1.40 bits per heavy atom. The molecule has 1 aromatic rings. The van der Waals surface area contributed by atoms with Gasteiger partial charge < -0.3 is 10.2 Å². The molecule has 0 radical (unpaired) electrons. The van der Waals surface area contributed by atoms with Crippen LogP contribution in [0.2, 0.25) is 0 Å². The molecule has 4 atom stereocenters. The van der Waals surface area contributed by atoms with E-state index in [0.717, 1.165) is 0 Å². The molecule has 1 heterocycles. The highest BCUT2D eigenvalue weighted by Gasteiger charge is 2.44. The van der Waals surface area contributed by atoms with Gasteiger partial charge >= 0.3 is 0 Å². The van der Waals surface area contributed by atoms with Crippen LogP contribution in [-0.4, -0.2) is 33.7 Å². The maximum absolute atomic E-state index is 9.83. The van der Waals surface area contributed by atoms with Crippen molar-refractivity contribution in [2.75, 3.05) is 0 Å². The molecule has 3 heteroatoms. The number of benzene rings is 1. The van der Waals surface area contributed by atoms with Crippen LogP contribution in [0.3, 0.4) is 0 Å². The second-order valence-corrected chi connectivity index (χ2v) is 7.17. The molecule has 1 fully saturated rings. The summed E-state index contributed by atoms with van der Waals surface area (Å²) in [7, 11) is -0.441. The average molecular weight is 224 g/mol. The summed E-state index contributed by atoms with van der Waals surface area (Å²) in [4.78, 5) is 0. The van der Waals surface area contributed by atoms with Crippen molar-refractivity contribution < 1.29 is 10.2 Å². The van der Waals surface area contributed by atoms with Gasteiger partial charge in [-0.3, -0.25) is 0 Å². The highest BCUT2D eigenvalue weighted by atomic mass is 31.1. The topological polar surface area (TPSA) is 40.5 Å². The molecule has 0 unspecified atom stereocenters. The maximum Gasteiger partial charge on any atom is 0.0872 e. The SMILES string of the molecule is C[C@@H]1[C@H](O)[C@@H](O)[C@@H](C)P1c1ccccc1. The van der Waals surface area contributed by atoms with Crippen molar-refractivity contribution in [1.29, 1.82) is 0 Å². The van der Waals surface area contributed by atoms with Gasteiger partial charge in [0, 0.05) is 11.3 Å². The van der Waals surface area contributed by atoms with Gasteiger partial charge in [-0.1, -0.05) is 52.1 Å². The lowest BCUT2D eigenvalue weighted by molar-refractivity contribution is 0.0327. The van der Waals surface area contributed by atoms with Crippen molar-refractivity contribution in [3.05, 3.63) is 30.3 Å². The lowest BCUT2D eigenvalue weighted by atomic mass is 10.1. The molecule has 0 amide bonds. The predicted molar refractivity (Wildman–Crippen MR) is 63.9 cm³/mol. The molecule has 15 heavy (non-hydrogen) atoms. The van der Waals surface area contributed by atoms with Crippen molar-refractivity contribution in [1.82, 2.24) is 0 Å². The van der Waals surface area contributed by atoms with E-state index in [1.54, 1.807) is 0 Å². The van der Waals surface area contributed by atoms with Gasteiger partial charge in [-0.05, 0) is 5.30 Å². The van der Waals surface area contributed by atoms with E-state index in [0.29, 0.717) is 0 Å². The normalized spacial score (nSPS) is 40.7. The fraction of sp³-hybridized carbons (Fsp3) is 0.500. The Bertz CT molecular complexity index is 314. The van der Waals surface area contributed by atoms with E-state index in [1.807, 2.05) is 32.0 Å². The first kappa shape index (κ1) is 11.1. The number of aliphatic hydroxyl groups is 2. The zero-order chi connectivity index (χ0) is 11.0. The Morgan fingerprint density at radius 3 is 1.87 bits per heavy atom. The summed E-state index contributed by atoms with van der Waals surface area (Å²) in [5.41, 5.74) is 0.375. The highest BCUT2D eigenvalue weighted by Crippen LogP contribution is 2.54. The van der Waals surface area contributed by atoms with Crippen LogP contribution in [0.15, 0.2) is 30.3 Å². The molecule has 0 spiro atoms. The van der Waals surface area contributed by atoms with E-state index < -0.39 is 20.1 Å². The second kappa shape index (κ2) is 4.21. The summed E-state index contributed by atoms with van der Waals surface area (Å²) in [6.45, 7) is 4.08. The van der Waals surface area contributed by atoms with Crippen molar-refractivity contribution in [2.45, 2.75) is 37.4 Å². The largest absolute Gasteiger partial charge is 0.390 e. The van der Waals surface area contributed by atoms with Crippen LogP contribution >= 0.6 is 7.92 Å². The monoisotopic (exact) mass is 224 g/mol. The third-order valence-electron chi connectivity index (χ3n) is 3.27. The Hall–Kier alpha value is -0.430. The molecule has 0 aromatic heterocycles. The summed E-state index contributed by atoms with van der Waals surface area (Å²) in [6, 6.07) is 10.2. The van der Waals surface area contributed by atoms with E-state index >= 15 is 0 Å². The lowest BCUT2D eigenvalue weighted by Gasteiger charge is -2.21. The van der Waals surface area contributed by atoms with Gasteiger partial charge in [0.2, 0.25) is 0 Å². The molecular formula is C12H17O2P. The van der Waals surface area contributed by atoms with Crippen LogP contribution in [0.4, 0.5) is 0 Å². The van der Waals surface area contributed by atoms with Crippen LogP contribution in [-0.2, 0) is 0 Å². The molecular weight excluding hydrogens is 207 g/mol. The smallest absolute Gasteiger partial charge is 0.0872 e. The summed E-state index contributed by atoms with van der Waals surface area (Å²) in [5.74, 6) is 0. The van der Waals surface area contributed by atoms with Gasteiger partial charge in [-0.25, -0.2) is 0 Å². The van der Waals surface area contributed by atoms with Gasteiger partial charge in [0.15, 0.2) is 0 Å². The van der Waals surface area contributed by atoms with E-state index in [-0.39, 0.29) is 11.3 Å². The van der Waals surface area contributed by atoms with Crippen LogP contribution in [0, 0.1) is 0 Å². The minimum atomic E-state index is -0.564. The zero-order valence-electron chi connectivity index (χ0n) is 9.04. The summed E-state index contributed by atoms with van der Waals surface area (Å²) < 4.78 is 0. The molecule has 1 saturated heterocycles. The minimum Gasteiger partial charge on any atom is -0.390 e. The quantitative estimate of drug-likeness (QED) is 0.706. The van der Waals surface area contributed by atoms with Gasteiger partial charge in [0.25, 0.3) is 0 Å². The average Bonchev–Trinajstić information content (AvgIpc) is 2.45. The first-order valence-corrected chi connectivity index (χ1v) is 6.80. The summed E-state index contributed by atoms with van der Waals surface area (Å²) in [5, 5.41) is 20.9. The fourth-order valence-corrected chi connectivity index (χ4v) is 5.55. The third kappa shape index (κ3) is 1.82. The highest BCUT2D eigenvalue weighted by molar-refractivity contribution is 7.67. The molecule has 0 saturated carbocycles. The summed E-state index contributed by atoms with van der Waals surface area (Å²) >= 11 is 0. The minimum absolute atomic E-state index is 0.187. The van der Waals surface area contributed by atoms with Gasteiger partial charge in [-0.2, -0.15) is 0 Å². The number of rotatable bonds is 1. The molecule has 2 rings (SSSR count). The molecule has 82 valence electrons. The fourth-order valence-electron chi connectivity index (χ4n) is 2.34. The molecule has 1 aliphatic heterocycles. The molecule has 0 aliphatic carbocycles. The van der Waals surface area contributed by atoms with E-state index in [2.05, 4.69) is 12.1 Å². The van der Waals surface area contributed by atoms with Gasteiger partial charge in [0.1, 0.15) is 0 Å². The first-order chi connectivity index (χ1) is 7.13. The Labute approximate surface area is 91.7 Å². The van der Waals surface area contributed by atoms with Crippen molar-refractivity contribution in [3.63, 3.8) is 0 Å². The van der Waals surface area contributed by atoms with Gasteiger partial charge in [0.05, 0.1) is 12.2 Å². The second-order valence-electron chi connectivity index (χ2n) is 4.21. The van der Waals surface area contributed by atoms with Crippen LogP contribution < -0.4 is 5.30 Å². The van der Waals surface area contributed by atoms with Crippen molar-refractivity contribution >= 4 is 13.2 Å². The molecule has 1 aliphatic rings. The van der Waals surface area contributed by atoms with E-state index in [9.17, 15) is 10.2 Å².